The van der Waals surface area contributed by atoms with E-state index in [9.17, 15) is 0 Å². The Morgan fingerprint density at radius 1 is 0.789 bits per heavy atom. The van der Waals surface area contributed by atoms with Crippen LogP contribution in [0.5, 0.6) is 0 Å². The summed E-state index contributed by atoms with van der Waals surface area (Å²) in [4.78, 5) is 2.78. The zero-order chi connectivity index (χ0) is 13.8. The summed E-state index contributed by atoms with van der Waals surface area (Å²) in [7, 11) is 0. The van der Waals surface area contributed by atoms with Crippen LogP contribution >= 0.6 is 0 Å². The summed E-state index contributed by atoms with van der Waals surface area (Å²) in [6.45, 7) is 13.7. The standard InChI is InChI=1S/C17H34N2/c1-4-16(5-2)9-13-19(14-10-16)15-17(6-3)7-11-18-12-8-17/h18H,4-15H2,1-3H3. The lowest BCUT2D eigenvalue weighted by Gasteiger charge is -2.46. The molecule has 19 heavy (non-hydrogen) atoms. The maximum atomic E-state index is 3.52. The lowest BCUT2D eigenvalue weighted by molar-refractivity contribution is 0.0450. The van der Waals surface area contributed by atoms with Crippen molar-refractivity contribution in [1.82, 2.24) is 10.2 Å². The van der Waals surface area contributed by atoms with E-state index in [1.54, 1.807) is 0 Å². The lowest BCUT2D eigenvalue weighted by Crippen LogP contribution is -2.48. The molecule has 0 aromatic carbocycles. The van der Waals surface area contributed by atoms with Gasteiger partial charge in [-0.3, -0.25) is 0 Å². The molecule has 112 valence electrons. The maximum absolute atomic E-state index is 3.52. The summed E-state index contributed by atoms with van der Waals surface area (Å²) in [5.41, 5.74) is 1.29. The summed E-state index contributed by atoms with van der Waals surface area (Å²) < 4.78 is 0. The molecule has 0 aliphatic carbocycles. The molecule has 2 aliphatic rings. The second-order valence-corrected chi connectivity index (χ2v) is 7.09. The highest BCUT2D eigenvalue weighted by atomic mass is 15.1. The number of likely N-dealkylation sites (tertiary alicyclic amines) is 1. The molecule has 0 saturated carbocycles. The highest BCUT2D eigenvalue weighted by Gasteiger charge is 2.36. The van der Waals surface area contributed by atoms with E-state index in [-0.39, 0.29) is 0 Å². The summed E-state index contributed by atoms with van der Waals surface area (Å²) in [5, 5.41) is 3.52. The zero-order valence-corrected chi connectivity index (χ0v) is 13.4. The molecule has 2 heterocycles. The minimum Gasteiger partial charge on any atom is -0.317 e. The van der Waals surface area contributed by atoms with Gasteiger partial charge in [0.15, 0.2) is 0 Å². The van der Waals surface area contributed by atoms with Crippen molar-refractivity contribution in [2.24, 2.45) is 10.8 Å². The quantitative estimate of drug-likeness (QED) is 0.817. The van der Waals surface area contributed by atoms with E-state index < -0.39 is 0 Å². The van der Waals surface area contributed by atoms with E-state index in [1.807, 2.05) is 0 Å². The van der Waals surface area contributed by atoms with Crippen molar-refractivity contribution in [3.05, 3.63) is 0 Å². The van der Waals surface area contributed by atoms with Gasteiger partial charge in [0.05, 0.1) is 0 Å². The van der Waals surface area contributed by atoms with Crippen LogP contribution in [0.2, 0.25) is 0 Å². The average Bonchev–Trinajstić information content (AvgIpc) is 2.49. The lowest BCUT2D eigenvalue weighted by atomic mass is 9.72. The Kier molecular flexibility index (Phi) is 5.30. The highest BCUT2D eigenvalue weighted by Crippen LogP contribution is 2.40. The fraction of sp³-hybridized carbons (Fsp3) is 1.00. The van der Waals surface area contributed by atoms with Crippen LogP contribution in [-0.4, -0.2) is 37.6 Å². The van der Waals surface area contributed by atoms with E-state index >= 15 is 0 Å². The Bertz CT molecular complexity index is 254. The van der Waals surface area contributed by atoms with Gasteiger partial charge in [-0.2, -0.15) is 0 Å². The van der Waals surface area contributed by atoms with Crippen LogP contribution in [0.4, 0.5) is 0 Å². The van der Waals surface area contributed by atoms with E-state index in [2.05, 4.69) is 31.0 Å². The summed E-state index contributed by atoms with van der Waals surface area (Å²) in [6.07, 6.45) is 9.73. The largest absolute Gasteiger partial charge is 0.317 e. The number of hydrogen-bond acceptors (Lipinski definition) is 2. The van der Waals surface area contributed by atoms with E-state index in [1.165, 1.54) is 77.7 Å². The number of nitrogens with zero attached hydrogens (tertiary/aromatic N) is 1. The molecule has 2 nitrogen and oxygen atoms in total. The molecule has 0 spiro atoms. The van der Waals surface area contributed by atoms with Crippen LogP contribution in [-0.2, 0) is 0 Å². The van der Waals surface area contributed by atoms with Crippen molar-refractivity contribution in [1.29, 1.82) is 0 Å². The van der Waals surface area contributed by atoms with E-state index in [0.29, 0.717) is 10.8 Å². The zero-order valence-electron chi connectivity index (χ0n) is 13.4. The Morgan fingerprint density at radius 3 is 1.79 bits per heavy atom. The predicted octanol–water partition coefficient (Wildman–Crippen LogP) is 3.67. The second-order valence-electron chi connectivity index (χ2n) is 7.09. The molecule has 2 fully saturated rings. The minimum atomic E-state index is 0.615. The van der Waals surface area contributed by atoms with Crippen LogP contribution < -0.4 is 5.32 Å². The third-order valence-corrected chi connectivity index (χ3v) is 6.39. The molecule has 0 aromatic rings. The molecule has 0 aromatic heterocycles. The van der Waals surface area contributed by atoms with Crippen LogP contribution in [0.25, 0.3) is 0 Å². The summed E-state index contributed by atoms with van der Waals surface area (Å²) >= 11 is 0. The topological polar surface area (TPSA) is 15.3 Å². The average molecular weight is 266 g/mol. The number of nitrogens with one attached hydrogen (secondary N) is 1. The monoisotopic (exact) mass is 266 g/mol. The van der Waals surface area contributed by atoms with Gasteiger partial charge in [0.2, 0.25) is 0 Å². The van der Waals surface area contributed by atoms with Crippen LogP contribution in [0.1, 0.15) is 65.7 Å². The molecule has 0 unspecified atom stereocenters. The first-order valence-corrected chi connectivity index (χ1v) is 8.61. The highest BCUT2D eigenvalue weighted by molar-refractivity contribution is 4.90. The Morgan fingerprint density at radius 2 is 1.32 bits per heavy atom. The number of hydrogen-bond donors (Lipinski definition) is 1. The molecule has 2 saturated heterocycles. The molecule has 0 amide bonds. The molecule has 2 rings (SSSR count). The third-order valence-electron chi connectivity index (χ3n) is 6.39. The van der Waals surface area contributed by atoms with Gasteiger partial charge >= 0.3 is 0 Å². The number of piperidine rings is 2. The summed E-state index contributed by atoms with van der Waals surface area (Å²) in [5.74, 6) is 0. The van der Waals surface area contributed by atoms with Crippen molar-refractivity contribution in [3.63, 3.8) is 0 Å². The second kappa shape index (κ2) is 6.58. The fourth-order valence-corrected chi connectivity index (χ4v) is 4.20. The molecule has 1 N–H and O–H groups in total. The van der Waals surface area contributed by atoms with Gasteiger partial charge in [0.25, 0.3) is 0 Å². The fourth-order valence-electron chi connectivity index (χ4n) is 4.20. The van der Waals surface area contributed by atoms with Gasteiger partial charge in [0.1, 0.15) is 0 Å². The van der Waals surface area contributed by atoms with Gasteiger partial charge < -0.3 is 10.2 Å². The van der Waals surface area contributed by atoms with Crippen molar-refractivity contribution in [2.75, 3.05) is 32.7 Å². The van der Waals surface area contributed by atoms with Crippen molar-refractivity contribution >= 4 is 0 Å². The third kappa shape index (κ3) is 3.52. The SMILES string of the molecule is CCC1(CC)CCN(CC2(CC)CCNCC2)CC1. The minimum absolute atomic E-state index is 0.615. The summed E-state index contributed by atoms with van der Waals surface area (Å²) in [6, 6.07) is 0. The van der Waals surface area contributed by atoms with Crippen molar-refractivity contribution in [3.8, 4) is 0 Å². The van der Waals surface area contributed by atoms with Crippen molar-refractivity contribution < 1.29 is 0 Å². The van der Waals surface area contributed by atoms with Gasteiger partial charge in [-0.05, 0) is 69.1 Å². The Hall–Kier alpha value is -0.0800. The first-order chi connectivity index (χ1) is 9.17. The van der Waals surface area contributed by atoms with Crippen molar-refractivity contribution in [2.45, 2.75) is 65.7 Å². The molecule has 2 heteroatoms. The predicted molar refractivity (Wildman–Crippen MR) is 83.5 cm³/mol. The normalized spacial score (nSPS) is 27.3. The first kappa shape index (κ1) is 15.3. The molecule has 0 bridgehead atoms. The van der Waals surface area contributed by atoms with Gasteiger partial charge in [-0.1, -0.05) is 33.6 Å². The maximum Gasteiger partial charge on any atom is 0.00388 e. The van der Waals surface area contributed by atoms with Crippen LogP contribution in [0.3, 0.4) is 0 Å². The first-order valence-electron chi connectivity index (χ1n) is 8.61. The van der Waals surface area contributed by atoms with E-state index in [0.717, 1.165) is 0 Å². The molecule has 0 atom stereocenters. The molecule has 2 aliphatic heterocycles. The molecular weight excluding hydrogens is 232 g/mol. The molecule has 0 radical (unpaired) electrons. The van der Waals surface area contributed by atoms with Crippen LogP contribution in [0, 0.1) is 10.8 Å². The van der Waals surface area contributed by atoms with E-state index in [4.69, 9.17) is 0 Å². The van der Waals surface area contributed by atoms with Gasteiger partial charge in [0, 0.05) is 6.54 Å². The Balaban J connectivity index is 1.87. The Labute approximate surface area is 120 Å². The molecular formula is C17H34N2. The van der Waals surface area contributed by atoms with Gasteiger partial charge in [-0.25, -0.2) is 0 Å². The van der Waals surface area contributed by atoms with Gasteiger partial charge in [-0.15, -0.1) is 0 Å². The number of rotatable bonds is 5. The smallest absolute Gasteiger partial charge is 0.00388 e. The van der Waals surface area contributed by atoms with Crippen LogP contribution in [0.15, 0.2) is 0 Å².